The maximum Gasteiger partial charge on any atom is 0.495 e. The standard InChI is InChI=1S/C16H24BFO4/c1-10(2)20-14-12(18)8-11(9-13(14)19-7)17-21-15(3,4)16(5,6)22-17/h8-10H,1-7H3. The van der Waals surface area contributed by atoms with Gasteiger partial charge in [0.15, 0.2) is 17.3 Å². The summed E-state index contributed by atoms with van der Waals surface area (Å²) < 4.78 is 37.0. The van der Waals surface area contributed by atoms with Crippen molar-refractivity contribution >= 4 is 12.6 Å². The molecule has 0 spiro atoms. The fourth-order valence-electron chi connectivity index (χ4n) is 2.21. The van der Waals surface area contributed by atoms with Crippen LogP contribution in [0.2, 0.25) is 0 Å². The topological polar surface area (TPSA) is 36.9 Å². The smallest absolute Gasteiger partial charge is 0.493 e. The third-order valence-electron chi connectivity index (χ3n) is 4.13. The summed E-state index contributed by atoms with van der Waals surface area (Å²) in [5.41, 5.74) is -0.382. The van der Waals surface area contributed by atoms with Gasteiger partial charge in [0.25, 0.3) is 0 Å². The average Bonchev–Trinajstić information content (AvgIpc) is 2.60. The molecule has 1 aromatic rings. The van der Waals surface area contributed by atoms with Crippen molar-refractivity contribution in [3.63, 3.8) is 0 Å². The SMILES string of the molecule is COc1cc(B2OC(C)(C)C(C)(C)O2)cc(F)c1OC(C)C. The molecule has 0 amide bonds. The lowest BCUT2D eigenvalue weighted by Gasteiger charge is -2.32. The van der Waals surface area contributed by atoms with Crippen molar-refractivity contribution in [1.29, 1.82) is 0 Å². The molecule has 0 saturated carbocycles. The number of hydrogen-bond acceptors (Lipinski definition) is 4. The van der Waals surface area contributed by atoms with E-state index in [0.717, 1.165) is 0 Å². The van der Waals surface area contributed by atoms with E-state index in [-0.39, 0.29) is 11.9 Å². The van der Waals surface area contributed by atoms with Gasteiger partial charge in [0, 0.05) is 0 Å². The molecule has 122 valence electrons. The zero-order valence-electron chi connectivity index (χ0n) is 14.3. The van der Waals surface area contributed by atoms with Crippen LogP contribution in [0.4, 0.5) is 4.39 Å². The van der Waals surface area contributed by atoms with Crippen molar-refractivity contribution in [3.8, 4) is 11.5 Å². The first kappa shape index (κ1) is 17.1. The summed E-state index contributed by atoms with van der Waals surface area (Å²) in [4.78, 5) is 0. The van der Waals surface area contributed by atoms with Gasteiger partial charge in [-0.3, -0.25) is 0 Å². The summed E-state index contributed by atoms with van der Waals surface area (Å²) in [7, 11) is 0.845. The summed E-state index contributed by atoms with van der Waals surface area (Å²) in [5.74, 6) is -0.0473. The Labute approximate surface area is 132 Å². The maximum absolute atomic E-state index is 14.4. The molecule has 0 radical (unpaired) electrons. The summed E-state index contributed by atoms with van der Waals surface area (Å²) in [5, 5.41) is 0. The molecule has 2 rings (SSSR count). The Hall–Kier alpha value is -1.27. The van der Waals surface area contributed by atoms with Crippen molar-refractivity contribution < 1.29 is 23.2 Å². The highest BCUT2D eigenvalue weighted by Gasteiger charge is 2.52. The lowest BCUT2D eigenvalue weighted by Crippen LogP contribution is -2.41. The maximum atomic E-state index is 14.4. The molecule has 4 nitrogen and oxygen atoms in total. The van der Waals surface area contributed by atoms with Crippen LogP contribution >= 0.6 is 0 Å². The van der Waals surface area contributed by atoms with Crippen molar-refractivity contribution in [3.05, 3.63) is 17.9 Å². The molecule has 1 aromatic carbocycles. The van der Waals surface area contributed by atoms with Crippen LogP contribution in [-0.2, 0) is 9.31 Å². The molecule has 0 N–H and O–H groups in total. The molecule has 1 heterocycles. The second-order valence-electron chi connectivity index (χ2n) is 6.79. The van der Waals surface area contributed by atoms with Gasteiger partial charge in [0.1, 0.15) is 0 Å². The molecule has 0 aromatic heterocycles. The van der Waals surface area contributed by atoms with Gasteiger partial charge in [-0.25, -0.2) is 4.39 Å². The number of ether oxygens (including phenoxy) is 2. The van der Waals surface area contributed by atoms with Crippen LogP contribution in [0.25, 0.3) is 0 Å². The van der Waals surface area contributed by atoms with Crippen molar-refractivity contribution in [1.82, 2.24) is 0 Å². The van der Waals surface area contributed by atoms with Crippen LogP contribution in [0.3, 0.4) is 0 Å². The molecule has 1 fully saturated rings. The van der Waals surface area contributed by atoms with E-state index in [4.69, 9.17) is 18.8 Å². The van der Waals surface area contributed by atoms with Gasteiger partial charge >= 0.3 is 7.12 Å². The van der Waals surface area contributed by atoms with Crippen molar-refractivity contribution in [2.45, 2.75) is 58.8 Å². The van der Waals surface area contributed by atoms with E-state index in [2.05, 4.69) is 0 Å². The number of benzene rings is 1. The van der Waals surface area contributed by atoms with E-state index in [0.29, 0.717) is 11.2 Å². The van der Waals surface area contributed by atoms with Crippen molar-refractivity contribution in [2.75, 3.05) is 7.11 Å². The lowest BCUT2D eigenvalue weighted by atomic mass is 9.79. The highest BCUT2D eigenvalue weighted by atomic mass is 19.1. The summed E-state index contributed by atoms with van der Waals surface area (Å²) in [6.07, 6.45) is -0.147. The van der Waals surface area contributed by atoms with Crippen LogP contribution in [0.5, 0.6) is 11.5 Å². The second kappa shape index (κ2) is 5.74. The Bertz CT molecular complexity index is 541. The van der Waals surface area contributed by atoms with E-state index in [1.165, 1.54) is 13.2 Å². The Morgan fingerprint density at radius 1 is 1.09 bits per heavy atom. The quantitative estimate of drug-likeness (QED) is 0.801. The van der Waals surface area contributed by atoms with Gasteiger partial charge < -0.3 is 18.8 Å². The van der Waals surface area contributed by atoms with E-state index in [1.54, 1.807) is 6.07 Å². The van der Waals surface area contributed by atoms with Crippen LogP contribution in [0.15, 0.2) is 12.1 Å². The number of methoxy groups -OCH3 is 1. The Morgan fingerprint density at radius 3 is 2.09 bits per heavy atom. The van der Waals surface area contributed by atoms with E-state index < -0.39 is 24.1 Å². The van der Waals surface area contributed by atoms with Gasteiger partial charge in [-0.15, -0.1) is 0 Å². The van der Waals surface area contributed by atoms with Gasteiger partial charge in [-0.05, 0) is 59.1 Å². The van der Waals surface area contributed by atoms with Crippen LogP contribution in [0, 0.1) is 5.82 Å². The number of halogens is 1. The average molecular weight is 310 g/mol. The molecular weight excluding hydrogens is 286 g/mol. The first-order valence-electron chi connectivity index (χ1n) is 7.47. The summed E-state index contributed by atoms with van der Waals surface area (Å²) >= 11 is 0. The normalized spacial score (nSPS) is 19.6. The minimum absolute atomic E-state index is 0.109. The van der Waals surface area contributed by atoms with Gasteiger partial charge in [-0.1, -0.05) is 0 Å². The highest BCUT2D eigenvalue weighted by molar-refractivity contribution is 6.62. The fourth-order valence-corrected chi connectivity index (χ4v) is 2.21. The molecule has 0 unspecified atom stereocenters. The van der Waals surface area contributed by atoms with Crippen LogP contribution < -0.4 is 14.9 Å². The van der Waals surface area contributed by atoms with Gasteiger partial charge in [0.2, 0.25) is 0 Å². The predicted molar refractivity (Wildman–Crippen MR) is 84.4 cm³/mol. The Morgan fingerprint density at radius 2 is 1.64 bits per heavy atom. The van der Waals surface area contributed by atoms with E-state index >= 15 is 0 Å². The highest BCUT2D eigenvalue weighted by Crippen LogP contribution is 2.37. The fraction of sp³-hybridized carbons (Fsp3) is 0.625. The number of rotatable bonds is 4. The molecule has 22 heavy (non-hydrogen) atoms. The molecule has 0 bridgehead atoms. The van der Waals surface area contributed by atoms with Crippen molar-refractivity contribution in [2.24, 2.45) is 0 Å². The second-order valence-corrected chi connectivity index (χ2v) is 6.79. The van der Waals surface area contributed by atoms with E-state index in [9.17, 15) is 4.39 Å². The van der Waals surface area contributed by atoms with Gasteiger partial charge in [-0.2, -0.15) is 0 Å². The first-order valence-corrected chi connectivity index (χ1v) is 7.47. The minimum atomic E-state index is -0.638. The van der Waals surface area contributed by atoms with Crippen LogP contribution in [-0.4, -0.2) is 31.5 Å². The summed E-state index contributed by atoms with van der Waals surface area (Å²) in [6, 6.07) is 3.07. The monoisotopic (exact) mass is 310 g/mol. The lowest BCUT2D eigenvalue weighted by molar-refractivity contribution is 0.00578. The largest absolute Gasteiger partial charge is 0.495 e. The first-order chi connectivity index (χ1) is 10.1. The molecule has 6 heteroatoms. The number of hydrogen-bond donors (Lipinski definition) is 0. The Kier molecular flexibility index (Phi) is 4.46. The molecular formula is C16H24BFO4. The molecule has 1 aliphatic heterocycles. The summed E-state index contributed by atoms with van der Waals surface area (Å²) in [6.45, 7) is 11.5. The molecule has 1 saturated heterocycles. The molecule has 1 aliphatic rings. The van der Waals surface area contributed by atoms with E-state index in [1.807, 2.05) is 41.5 Å². The zero-order valence-corrected chi connectivity index (χ0v) is 14.3. The Balaban J connectivity index is 2.36. The minimum Gasteiger partial charge on any atom is -0.493 e. The molecule has 0 atom stereocenters. The zero-order chi connectivity index (χ0) is 16.7. The third-order valence-corrected chi connectivity index (χ3v) is 4.13. The molecule has 0 aliphatic carbocycles. The third kappa shape index (κ3) is 3.08. The van der Waals surface area contributed by atoms with Crippen LogP contribution in [0.1, 0.15) is 41.5 Å². The van der Waals surface area contributed by atoms with Gasteiger partial charge in [0.05, 0.1) is 24.4 Å². The predicted octanol–water partition coefficient (Wildman–Crippen LogP) is 2.92.